The highest BCUT2D eigenvalue weighted by molar-refractivity contribution is 6.70. The molecule has 0 heterocycles. The van der Waals surface area contributed by atoms with Crippen LogP contribution in [0.3, 0.4) is 0 Å². The summed E-state index contributed by atoms with van der Waals surface area (Å²) in [6, 6.07) is 6.91. The normalized spacial score (nSPS) is 34.1. The maximum absolute atomic E-state index is 6.93. The molecule has 0 saturated heterocycles. The molecule has 3 aliphatic carbocycles. The highest BCUT2D eigenvalue weighted by atomic mass is 28.4. The second-order valence-corrected chi connectivity index (χ2v) is 20.9. The van der Waals surface area contributed by atoms with E-state index in [9.17, 15) is 0 Å². The summed E-state index contributed by atoms with van der Waals surface area (Å²) < 4.78 is 13.3. The number of hydrogen-bond donors (Lipinski definition) is 0. The molecule has 31 heavy (non-hydrogen) atoms. The van der Waals surface area contributed by atoms with Gasteiger partial charge >= 0.3 is 0 Å². The number of benzene rings is 1. The van der Waals surface area contributed by atoms with Gasteiger partial charge in [0.25, 0.3) is 0 Å². The van der Waals surface area contributed by atoms with E-state index in [-0.39, 0.29) is 11.5 Å². The van der Waals surface area contributed by atoms with E-state index in [1.807, 2.05) is 0 Å². The van der Waals surface area contributed by atoms with E-state index in [1.54, 1.807) is 7.11 Å². The third-order valence-electron chi connectivity index (χ3n) is 7.52. The largest absolute Gasteiger partial charge is 0.544 e. The van der Waals surface area contributed by atoms with Crippen LogP contribution in [0, 0.1) is 17.3 Å². The number of aryl methyl sites for hydroxylation is 1. The Labute approximate surface area is 191 Å². The van der Waals surface area contributed by atoms with Crippen LogP contribution in [-0.2, 0) is 15.7 Å². The molecule has 4 rings (SSSR count). The maximum atomic E-state index is 6.93. The van der Waals surface area contributed by atoms with Crippen LogP contribution in [0.15, 0.2) is 23.4 Å². The Morgan fingerprint density at radius 2 is 1.74 bits per heavy atom. The standard InChI is InChI=1S/C25H41NO3Si2/c1-25-16-22(29-31(6,7)8)24-19-12-10-18(28-30(3,4)5)15-17(19)9-11-20(24)21(25)13-14-23(25)26-27-2/h10,12,15,20-22,24H,9,11,13-14,16H2,1-8H3/b26-23+/t20-,21-,22?,24+,25-/m0/s1. The highest BCUT2D eigenvalue weighted by Crippen LogP contribution is 2.61. The molecule has 1 unspecified atom stereocenters. The van der Waals surface area contributed by atoms with Crippen molar-refractivity contribution in [2.45, 2.75) is 90.3 Å². The van der Waals surface area contributed by atoms with Crippen LogP contribution in [0.5, 0.6) is 5.75 Å². The molecule has 1 aromatic rings. The predicted octanol–water partition coefficient (Wildman–Crippen LogP) is 6.59. The Morgan fingerprint density at radius 3 is 2.39 bits per heavy atom. The van der Waals surface area contributed by atoms with Crippen molar-refractivity contribution >= 4 is 22.3 Å². The summed E-state index contributed by atoms with van der Waals surface area (Å²) in [6.45, 7) is 16.2. The molecule has 6 heteroatoms. The van der Waals surface area contributed by atoms with E-state index in [4.69, 9.17) is 13.7 Å². The highest BCUT2D eigenvalue weighted by Gasteiger charge is 2.58. The average molecular weight is 460 g/mol. The summed E-state index contributed by atoms with van der Waals surface area (Å²) in [5.74, 6) is 2.85. The molecule has 172 valence electrons. The van der Waals surface area contributed by atoms with Crippen LogP contribution >= 0.6 is 0 Å². The Balaban J connectivity index is 1.73. The minimum atomic E-state index is -1.69. The third kappa shape index (κ3) is 4.53. The zero-order valence-corrected chi connectivity index (χ0v) is 22.7. The molecule has 0 N–H and O–H groups in total. The van der Waals surface area contributed by atoms with Gasteiger partial charge in [-0.25, -0.2) is 0 Å². The zero-order chi connectivity index (χ0) is 22.6. The lowest BCUT2D eigenvalue weighted by Crippen LogP contribution is -2.52. The SMILES string of the molecule is CO/N=C1\CC[C@H]2[C@@H]3CCc4cc(O[Si](C)(C)C)ccc4[C@H]3C(O[Si](C)(C)C)C[C@]12C. The molecule has 0 aromatic heterocycles. The first-order valence-corrected chi connectivity index (χ1v) is 18.8. The van der Waals surface area contributed by atoms with E-state index >= 15 is 0 Å². The summed E-state index contributed by atoms with van der Waals surface area (Å²) in [4.78, 5) is 5.27. The van der Waals surface area contributed by atoms with E-state index in [0.717, 1.165) is 25.0 Å². The van der Waals surface area contributed by atoms with Crippen molar-refractivity contribution in [3.63, 3.8) is 0 Å². The molecule has 4 nitrogen and oxygen atoms in total. The quantitative estimate of drug-likeness (QED) is 0.368. The molecule has 0 bridgehead atoms. The van der Waals surface area contributed by atoms with E-state index in [1.165, 1.54) is 29.7 Å². The van der Waals surface area contributed by atoms with Crippen LogP contribution in [-0.4, -0.2) is 35.6 Å². The first-order chi connectivity index (χ1) is 14.4. The van der Waals surface area contributed by atoms with Gasteiger partial charge in [-0.1, -0.05) is 18.1 Å². The van der Waals surface area contributed by atoms with Gasteiger partial charge in [0.1, 0.15) is 12.9 Å². The topological polar surface area (TPSA) is 40.0 Å². The second kappa shape index (κ2) is 8.03. The van der Waals surface area contributed by atoms with Crippen molar-refractivity contribution in [3.8, 4) is 5.75 Å². The number of nitrogens with zero attached hydrogens (tertiary/aromatic N) is 1. The lowest BCUT2D eigenvalue weighted by Gasteiger charge is -2.53. The Bertz CT molecular complexity index is 857. The summed E-state index contributed by atoms with van der Waals surface area (Å²) in [5.41, 5.74) is 4.35. The molecular weight excluding hydrogens is 418 g/mol. The lowest BCUT2D eigenvalue weighted by molar-refractivity contribution is -0.00645. The van der Waals surface area contributed by atoms with Crippen molar-refractivity contribution in [3.05, 3.63) is 29.3 Å². The first-order valence-electron chi connectivity index (χ1n) is 12.0. The van der Waals surface area contributed by atoms with Crippen LogP contribution in [0.4, 0.5) is 0 Å². The molecule has 0 aliphatic heterocycles. The van der Waals surface area contributed by atoms with Gasteiger partial charge in [-0.2, -0.15) is 0 Å². The van der Waals surface area contributed by atoms with Crippen molar-refractivity contribution in [2.75, 3.05) is 7.11 Å². The van der Waals surface area contributed by atoms with Gasteiger partial charge in [0, 0.05) is 11.3 Å². The molecule has 2 saturated carbocycles. The van der Waals surface area contributed by atoms with E-state index in [2.05, 4.69) is 69.6 Å². The Hall–Kier alpha value is -1.12. The van der Waals surface area contributed by atoms with Gasteiger partial charge in [0.05, 0.1) is 11.8 Å². The number of rotatable bonds is 5. The fraction of sp³-hybridized carbons (Fsp3) is 0.720. The van der Waals surface area contributed by atoms with Gasteiger partial charge in [0.15, 0.2) is 8.32 Å². The van der Waals surface area contributed by atoms with Gasteiger partial charge in [-0.15, -0.1) is 0 Å². The summed E-state index contributed by atoms with van der Waals surface area (Å²) in [5, 5.41) is 4.50. The Morgan fingerprint density at radius 1 is 1.00 bits per heavy atom. The van der Waals surface area contributed by atoms with E-state index < -0.39 is 16.6 Å². The summed E-state index contributed by atoms with van der Waals surface area (Å²) in [6.07, 6.45) is 5.97. The van der Waals surface area contributed by atoms with Crippen LogP contribution < -0.4 is 4.43 Å². The van der Waals surface area contributed by atoms with Gasteiger partial charge < -0.3 is 13.7 Å². The van der Waals surface area contributed by atoms with E-state index in [0.29, 0.717) is 17.8 Å². The molecule has 0 amide bonds. The second-order valence-electron chi connectivity index (χ2n) is 12.1. The summed E-state index contributed by atoms with van der Waals surface area (Å²) in [7, 11) is -1.62. The van der Waals surface area contributed by atoms with Gasteiger partial charge in [-0.05, 0) is 106 Å². The predicted molar refractivity (Wildman–Crippen MR) is 133 cm³/mol. The smallest absolute Gasteiger partial charge is 0.242 e. The molecule has 0 radical (unpaired) electrons. The minimum Gasteiger partial charge on any atom is -0.544 e. The molecule has 3 aliphatic rings. The number of fused-ring (bicyclic) bond motifs is 5. The summed E-state index contributed by atoms with van der Waals surface area (Å²) >= 11 is 0. The van der Waals surface area contributed by atoms with Crippen molar-refractivity contribution in [1.82, 2.24) is 0 Å². The lowest BCUT2D eigenvalue weighted by atomic mass is 9.54. The maximum Gasteiger partial charge on any atom is 0.242 e. The van der Waals surface area contributed by atoms with Crippen LogP contribution in [0.25, 0.3) is 0 Å². The first kappa shape index (κ1) is 23.1. The molecule has 0 spiro atoms. The van der Waals surface area contributed by atoms with Crippen molar-refractivity contribution in [2.24, 2.45) is 22.4 Å². The average Bonchev–Trinajstić information content (AvgIpc) is 2.95. The van der Waals surface area contributed by atoms with Crippen molar-refractivity contribution in [1.29, 1.82) is 0 Å². The monoisotopic (exact) mass is 459 g/mol. The molecule has 2 fully saturated rings. The van der Waals surface area contributed by atoms with Gasteiger partial charge in [-0.3, -0.25) is 0 Å². The number of hydrogen-bond acceptors (Lipinski definition) is 4. The molecule has 5 atom stereocenters. The molecular formula is C25H41NO3Si2. The van der Waals surface area contributed by atoms with Crippen molar-refractivity contribution < 1.29 is 13.7 Å². The third-order valence-corrected chi connectivity index (χ3v) is 9.38. The fourth-order valence-electron chi connectivity index (χ4n) is 6.64. The Kier molecular flexibility index (Phi) is 5.97. The fourth-order valence-corrected chi connectivity index (χ4v) is 8.61. The molecule has 1 aromatic carbocycles. The zero-order valence-electron chi connectivity index (χ0n) is 20.7. The van der Waals surface area contributed by atoms with Crippen LogP contribution in [0.2, 0.25) is 39.3 Å². The minimum absolute atomic E-state index is 0.0971. The number of oxime groups is 1. The van der Waals surface area contributed by atoms with Crippen LogP contribution in [0.1, 0.15) is 49.7 Å². The van der Waals surface area contributed by atoms with Gasteiger partial charge in [0.2, 0.25) is 8.32 Å².